The first-order chi connectivity index (χ1) is 9.81. The number of hydrogen-bond acceptors (Lipinski definition) is 4. The van der Waals surface area contributed by atoms with E-state index in [1.807, 2.05) is 17.5 Å². The number of aromatic nitrogens is 1. The van der Waals surface area contributed by atoms with Gasteiger partial charge < -0.3 is 4.90 Å². The van der Waals surface area contributed by atoms with E-state index in [1.54, 1.807) is 7.05 Å². The lowest BCUT2D eigenvalue weighted by Crippen LogP contribution is -2.20. The Balaban J connectivity index is 2.34. The summed E-state index contributed by atoms with van der Waals surface area (Å²) in [4.78, 5) is 6.07. The number of alkyl halides is 3. The molecule has 0 spiro atoms. The van der Waals surface area contributed by atoms with Crippen LogP contribution < -0.4 is 4.90 Å². The molecule has 0 aliphatic carbocycles. The molecule has 2 rings (SSSR count). The van der Waals surface area contributed by atoms with Gasteiger partial charge in [0.1, 0.15) is 17.6 Å². The Hall–Kier alpha value is -1.59. The highest BCUT2D eigenvalue weighted by atomic mass is 79.9. The molecule has 0 radical (unpaired) electrons. The molecule has 0 aliphatic heterocycles. The Morgan fingerprint density at radius 3 is 2.67 bits per heavy atom. The summed E-state index contributed by atoms with van der Waals surface area (Å²) in [6.45, 7) is 0.374. The van der Waals surface area contributed by atoms with Crippen molar-refractivity contribution in [2.75, 3.05) is 11.9 Å². The van der Waals surface area contributed by atoms with Gasteiger partial charge in [0.15, 0.2) is 0 Å². The molecule has 21 heavy (non-hydrogen) atoms. The summed E-state index contributed by atoms with van der Waals surface area (Å²) in [5.41, 5.74) is -0.892. The maximum absolute atomic E-state index is 12.7. The summed E-state index contributed by atoms with van der Waals surface area (Å²) in [7, 11) is 1.61. The number of hydrogen-bond donors (Lipinski definition) is 0. The van der Waals surface area contributed by atoms with Gasteiger partial charge in [-0.15, -0.1) is 11.3 Å². The molecule has 0 bridgehead atoms. The van der Waals surface area contributed by atoms with Gasteiger partial charge in [0.2, 0.25) is 0 Å². The number of rotatable bonds is 3. The zero-order chi connectivity index (χ0) is 15.6. The van der Waals surface area contributed by atoms with Gasteiger partial charge in [0, 0.05) is 21.8 Å². The summed E-state index contributed by atoms with van der Waals surface area (Å²) in [5, 5.41) is 10.9. The van der Waals surface area contributed by atoms with Crippen LogP contribution in [0.25, 0.3) is 0 Å². The lowest BCUT2D eigenvalue weighted by molar-refractivity contribution is -0.141. The minimum absolute atomic E-state index is 0.0249. The number of nitrogens with zero attached hydrogens (tertiary/aromatic N) is 3. The van der Waals surface area contributed by atoms with Crippen LogP contribution in [0.1, 0.15) is 16.1 Å². The van der Waals surface area contributed by atoms with Gasteiger partial charge in [-0.05, 0) is 34.1 Å². The summed E-state index contributed by atoms with van der Waals surface area (Å²) < 4.78 is 39.1. The first kappa shape index (κ1) is 15.8. The predicted molar refractivity (Wildman–Crippen MR) is 78.1 cm³/mol. The molecule has 0 saturated carbocycles. The number of thiophene rings is 1. The van der Waals surface area contributed by atoms with Crippen molar-refractivity contribution >= 4 is 33.1 Å². The third-order valence-corrected chi connectivity index (χ3v) is 4.34. The van der Waals surface area contributed by atoms with Gasteiger partial charge in [-0.1, -0.05) is 0 Å². The molecule has 0 N–H and O–H groups in total. The van der Waals surface area contributed by atoms with Gasteiger partial charge >= 0.3 is 6.18 Å². The van der Waals surface area contributed by atoms with Crippen LogP contribution in [-0.4, -0.2) is 12.0 Å². The first-order valence-corrected chi connectivity index (χ1v) is 7.41. The van der Waals surface area contributed by atoms with Gasteiger partial charge in [0.05, 0.1) is 12.1 Å². The molecule has 110 valence electrons. The van der Waals surface area contributed by atoms with Crippen molar-refractivity contribution in [2.24, 2.45) is 0 Å². The minimum Gasteiger partial charge on any atom is -0.353 e. The van der Waals surface area contributed by atoms with E-state index in [0.717, 1.165) is 21.5 Å². The molecule has 0 aromatic carbocycles. The van der Waals surface area contributed by atoms with E-state index >= 15 is 0 Å². The van der Waals surface area contributed by atoms with Crippen molar-refractivity contribution in [3.05, 3.63) is 44.2 Å². The Kier molecular flexibility index (Phi) is 4.54. The molecule has 0 saturated heterocycles. The molecule has 8 heteroatoms. The molecule has 3 nitrogen and oxygen atoms in total. The molecule has 0 amide bonds. The highest BCUT2D eigenvalue weighted by molar-refractivity contribution is 9.10. The van der Waals surface area contributed by atoms with E-state index < -0.39 is 11.9 Å². The second kappa shape index (κ2) is 6.03. The van der Waals surface area contributed by atoms with Crippen LogP contribution in [0, 0.1) is 11.3 Å². The van der Waals surface area contributed by atoms with Crippen molar-refractivity contribution < 1.29 is 13.2 Å². The van der Waals surface area contributed by atoms with Crippen LogP contribution >= 0.6 is 27.3 Å². The van der Waals surface area contributed by atoms with Crippen LogP contribution in [0.5, 0.6) is 0 Å². The van der Waals surface area contributed by atoms with E-state index in [0.29, 0.717) is 6.54 Å². The molecule has 0 atom stereocenters. The Morgan fingerprint density at radius 2 is 2.14 bits per heavy atom. The lowest BCUT2D eigenvalue weighted by atomic mass is 10.2. The zero-order valence-corrected chi connectivity index (χ0v) is 13.2. The molecular formula is C13H9BrF3N3S. The molecule has 0 aliphatic rings. The van der Waals surface area contributed by atoms with Crippen molar-refractivity contribution in [1.29, 1.82) is 5.26 Å². The lowest BCUT2D eigenvalue weighted by Gasteiger charge is -2.19. The zero-order valence-electron chi connectivity index (χ0n) is 10.8. The number of pyridine rings is 1. The summed E-state index contributed by atoms with van der Waals surface area (Å²) in [6, 6.07) is 5.71. The highest BCUT2D eigenvalue weighted by Crippen LogP contribution is 2.31. The minimum atomic E-state index is -4.53. The summed E-state index contributed by atoms with van der Waals surface area (Å²) in [5.74, 6) is 0.0249. The standard InChI is InChI=1S/C13H9BrF3N3S/c1-20(6-10-4-9(14)7-21-10)12-8(5-18)2-3-11(19-12)13(15,16)17/h2-4,7H,6H2,1H3. The molecule has 0 fully saturated rings. The van der Waals surface area contributed by atoms with Gasteiger partial charge in [-0.25, -0.2) is 4.98 Å². The molecule has 2 heterocycles. The van der Waals surface area contributed by atoms with Gasteiger partial charge in [-0.2, -0.15) is 18.4 Å². The molecular weight excluding hydrogens is 367 g/mol. The fourth-order valence-corrected chi connectivity index (χ4v) is 3.23. The fraction of sp³-hybridized carbons (Fsp3) is 0.231. The molecule has 0 unspecified atom stereocenters. The van der Waals surface area contributed by atoms with Crippen LogP contribution in [0.4, 0.5) is 19.0 Å². The maximum atomic E-state index is 12.7. The van der Waals surface area contributed by atoms with Crippen LogP contribution in [0.15, 0.2) is 28.1 Å². The fourth-order valence-electron chi connectivity index (χ4n) is 1.73. The normalized spacial score (nSPS) is 11.2. The van der Waals surface area contributed by atoms with E-state index in [-0.39, 0.29) is 11.4 Å². The van der Waals surface area contributed by atoms with Crippen molar-refractivity contribution in [1.82, 2.24) is 4.98 Å². The second-order valence-electron chi connectivity index (χ2n) is 4.26. The van der Waals surface area contributed by atoms with E-state index in [4.69, 9.17) is 5.26 Å². The average molecular weight is 376 g/mol. The van der Waals surface area contributed by atoms with Crippen molar-refractivity contribution in [3.8, 4) is 6.07 Å². The summed E-state index contributed by atoms with van der Waals surface area (Å²) >= 11 is 4.79. The number of anilines is 1. The van der Waals surface area contributed by atoms with Crippen LogP contribution in [0.2, 0.25) is 0 Å². The average Bonchev–Trinajstić information content (AvgIpc) is 2.82. The third kappa shape index (κ3) is 3.74. The largest absolute Gasteiger partial charge is 0.433 e. The number of halogens is 4. The smallest absolute Gasteiger partial charge is 0.353 e. The van der Waals surface area contributed by atoms with Crippen molar-refractivity contribution in [2.45, 2.75) is 12.7 Å². The Morgan fingerprint density at radius 1 is 1.43 bits per heavy atom. The van der Waals surface area contributed by atoms with E-state index in [9.17, 15) is 13.2 Å². The molecule has 2 aromatic heterocycles. The van der Waals surface area contributed by atoms with E-state index in [2.05, 4.69) is 20.9 Å². The summed E-state index contributed by atoms with van der Waals surface area (Å²) in [6.07, 6.45) is -4.53. The predicted octanol–water partition coefficient (Wildman–Crippen LogP) is 4.43. The SMILES string of the molecule is CN(Cc1cc(Br)cs1)c1nc(C(F)(F)F)ccc1C#N. The third-order valence-electron chi connectivity index (χ3n) is 2.66. The van der Waals surface area contributed by atoms with Crippen LogP contribution in [0.3, 0.4) is 0 Å². The van der Waals surface area contributed by atoms with Crippen molar-refractivity contribution in [3.63, 3.8) is 0 Å². The quantitative estimate of drug-likeness (QED) is 0.796. The Labute approximate surface area is 131 Å². The second-order valence-corrected chi connectivity index (χ2v) is 6.18. The van der Waals surface area contributed by atoms with Crippen LogP contribution in [-0.2, 0) is 12.7 Å². The maximum Gasteiger partial charge on any atom is 0.433 e. The van der Waals surface area contributed by atoms with Gasteiger partial charge in [0.25, 0.3) is 0 Å². The molecule has 2 aromatic rings. The first-order valence-electron chi connectivity index (χ1n) is 5.73. The monoisotopic (exact) mass is 375 g/mol. The topological polar surface area (TPSA) is 39.9 Å². The Bertz CT molecular complexity index is 691. The number of nitriles is 1. The van der Waals surface area contributed by atoms with E-state index in [1.165, 1.54) is 16.2 Å². The highest BCUT2D eigenvalue weighted by Gasteiger charge is 2.33. The van der Waals surface area contributed by atoms with Gasteiger partial charge in [-0.3, -0.25) is 0 Å².